The van der Waals surface area contributed by atoms with Gasteiger partial charge in [0.25, 0.3) is 0 Å². The Labute approximate surface area is 115 Å². The van der Waals surface area contributed by atoms with E-state index in [1.807, 2.05) is 13.0 Å². The molecule has 0 unspecified atom stereocenters. The van der Waals surface area contributed by atoms with Gasteiger partial charge in [-0.15, -0.1) is 0 Å². The molecule has 0 amide bonds. The van der Waals surface area contributed by atoms with Crippen molar-refractivity contribution in [3.05, 3.63) is 11.8 Å². The van der Waals surface area contributed by atoms with Crippen molar-refractivity contribution in [2.75, 3.05) is 30.4 Å². The number of hydrogen-bond donors (Lipinski definition) is 2. The lowest BCUT2D eigenvalue weighted by molar-refractivity contribution is 0.0657. The summed E-state index contributed by atoms with van der Waals surface area (Å²) in [7, 11) is 0. The molecular weight excluding hydrogens is 240 g/mol. The van der Waals surface area contributed by atoms with Gasteiger partial charge in [0, 0.05) is 37.1 Å². The van der Waals surface area contributed by atoms with E-state index < -0.39 is 0 Å². The number of nitrogens with zero attached hydrogens (tertiary/aromatic N) is 2. The van der Waals surface area contributed by atoms with Crippen molar-refractivity contribution in [1.29, 1.82) is 0 Å². The molecule has 1 aliphatic heterocycles. The van der Waals surface area contributed by atoms with Crippen LogP contribution in [0.4, 0.5) is 11.8 Å². The van der Waals surface area contributed by atoms with Gasteiger partial charge >= 0.3 is 0 Å². The maximum atomic E-state index is 5.42. The molecule has 1 fully saturated rings. The molecule has 1 aromatic rings. The van der Waals surface area contributed by atoms with E-state index in [-0.39, 0.29) is 5.54 Å². The van der Waals surface area contributed by atoms with E-state index in [1.54, 1.807) is 0 Å². The Morgan fingerprint density at radius 1 is 1.32 bits per heavy atom. The molecular formula is C14H24N4O. The highest BCUT2D eigenvalue weighted by Crippen LogP contribution is 2.25. The molecule has 0 spiro atoms. The molecule has 0 radical (unpaired) electrons. The predicted molar refractivity (Wildman–Crippen MR) is 77.6 cm³/mol. The molecule has 2 heterocycles. The fraction of sp³-hybridized carbons (Fsp3) is 0.714. The Balaban J connectivity index is 2.08. The molecule has 2 N–H and O–H groups in total. The van der Waals surface area contributed by atoms with Gasteiger partial charge in [-0.2, -0.15) is 4.98 Å². The van der Waals surface area contributed by atoms with E-state index in [1.165, 1.54) is 0 Å². The molecule has 1 saturated heterocycles. The van der Waals surface area contributed by atoms with E-state index in [0.29, 0.717) is 5.95 Å². The van der Waals surface area contributed by atoms with Gasteiger partial charge in [-0.1, -0.05) is 6.92 Å². The number of hydrogen-bond acceptors (Lipinski definition) is 5. The SMILES string of the molecule is CCCNc1nc(C)cc(NC2(C)CCOCC2)n1. The van der Waals surface area contributed by atoms with Gasteiger partial charge in [0.2, 0.25) is 5.95 Å². The molecule has 0 bridgehead atoms. The Bertz CT molecular complexity index is 416. The summed E-state index contributed by atoms with van der Waals surface area (Å²) >= 11 is 0. The zero-order chi connectivity index (χ0) is 13.7. The summed E-state index contributed by atoms with van der Waals surface area (Å²) in [6, 6.07) is 2.00. The minimum absolute atomic E-state index is 0.0705. The second kappa shape index (κ2) is 6.19. The number of anilines is 2. The number of rotatable bonds is 5. The van der Waals surface area contributed by atoms with Crippen LogP contribution in [0.1, 0.15) is 38.8 Å². The van der Waals surface area contributed by atoms with Gasteiger partial charge in [-0.25, -0.2) is 4.98 Å². The summed E-state index contributed by atoms with van der Waals surface area (Å²) in [5.41, 5.74) is 1.05. The van der Waals surface area contributed by atoms with E-state index in [4.69, 9.17) is 4.74 Å². The molecule has 2 rings (SSSR count). The highest BCUT2D eigenvalue weighted by Gasteiger charge is 2.27. The van der Waals surface area contributed by atoms with Crippen LogP contribution >= 0.6 is 0 Å². The smallest absolute Gasteiger partial charge is 0.224 e. The lowest BCUT2D eigenvalue weighted by atomic mass is 9.92. The van der Waals surface area contributed by atoms with E-state index in [0.717, 1.165) is 50.5 Å². The first-order chi connectivity index (χ1) is 9.11. The lowest BCUT2D eigenvalue weighted by Crippen LogP contribution is -2.41. The minimum atomic E-state index is 0.0705. The van der Waals surface area contributed by atoms with Gasteiger partial charge < -0.3 is 15.4 Å². The van der Waals surface area contributed by atoms with Crippen LogP contribution in [0.5, 0.6) is 0 Å². The molecule has 0 aliphatic carbocycles. The third-order valence-electron chi connectivity index (χ3n) is 3.41. The van der Waals surface area contributed by atoms with Crippen LogP contribution in [0, 0.1) is 6.92 Å². The zero-order valence-corrected chi connectivity index (χ0v) is 12.1. The number of ether oxygens (including phenoxy) is 1. The average Bonchev–Trinajstić information content (AvgIpc) is 2.36. The fourth-order valence-corrected chi connectivity index (χ4v) is 2.20. The van der Waals surface area contributed by atoms with Gasteiger partial charge in [0.15, 0.2) is 0 Å². The predicted octanol–water partition coefficient (Wildman–Crippen LogP) is 2.59. The van der Waals surface area contributed by atoms with Crippen LogP contribution < -0.4 is 10.6 Å². The van der Waals surface area contributed by atoms with Crippen molar-refractivity contribution in [1.82, 2.24) is 9.97 Å². The maximum Gasteiger partial charge on any atom is 0.224 e. The van der Waals surface area contributed by atoms with Crippen LogP contribution in [0.25, 0.3) is 0 Å². The summed E-state index contributed by atoms with van der Waals surface area (Å²) in [6.45, 7) is 8.88. The van der Waals surface area contributed by atoms with Crippen molar-refractivity contribution in [2.24, 2.45) is 0 Å². The zero-order valence-electron chi connectivity index (χ0n) is 12.1. The normalized spacial score (nSPS) is 18.1. The molecule has 0 aromatic carbocycles. The van der Waals surface area contributed by atoms with Gasteiger partial charge in [0.1, 0.15) is 5.82 Å². The second-order valence-corrected chi connectivity index (χ2v) is 5.44. The third-order valence-corrected chi connectivity index (χ3v) is 3.41. The molecule has 106 valence electrons. The molecule has 0 atom stereocenters. The monoisotopic (exact) mass is 264 g/mol. The number of aryl methyl sites for hydroxylation is 1. The lowest BCUT2D eigenvalue weighted by Gasteiger charge is -2.35. The minimum Gasteiger partial charge on any atom is -0.381 e. The van der Waals surface area contributed by atoms with Crippen molar-refractivity contribution in [3.8, 4) is 0 Å². The Hall–Kier alpha value is -1.36. The van der Waals surface area contributed by atoms with Crippen molar-refractivity contribution < 1.29 is 4.74 Å². The van der Waals surface area contributed by atoms with Crippen molar-refractivity contribution >= 4 is 11.8 Å². The van der Waals surface area contributed by atoms with Gasteiger partial charge in [-0.05, 0) is 33.1 Å². The Morgan fingerprint density at radius 2 is 2.05 bits per heavy atom. The summed E-state index contributed by atoms with van der Waals surface area (Å²) in [5.74, 6) is 1.61. The van der Waals surface area contributed by atoms with Crippen LogP contribution in [-0.4, -0.2) is 35.3 Å². The van der Waals surface area contributed by atoms with Crippen molar-refractivity contribution in [3.63, 3.8) is 0 Å². The molecule has 0 saturated carbocycles. The Morgan fingerprint density at radius 3 is 2.74 bits per heavy atom. The molecule has 19 heavy (non-hydrogen) atoms. The first-order valence-corrected chi connectivity index (χ1v) is 7.07. The topological polar surface area (TPSA) is 59.1 Å². The van der Waals surface area contributed by atoms with Gasteiger partial charge in [-0.3, -0.25) is 0 Å². The van der Waals surface area contributed by atoms with Crippen LogP contribution in [0.15, 0.2) is 6.07 Å². The van der Waals surface area contributed by atoms with Crippen LogP contribution in [0.3, 0.4) is 0 Å². The maximum absolute atomic E-state index is 5.42. The fourth-order valence-electron chi connectivity index (χ4n) is 2.20. The first kappa shape index (κ1) is 14.1. The third kappa shape index (κ3) is 4.06. The largest absolute Gasteiger partial charge is 0.381 e. The number of nitrogens with one attached hydrogen (secondary N) is 2. The standard InChI is InChI=1S/C14H24N4O/c1-4-7-15-13-16-11(2)10-12(17-13)18-14(3)5-8-19-9-6-14/h10H,4-9H2,1-3H3,(H2,15,16,17,18). The quantitative estimate of drug-likeness (QED) is 0.856. The summed E-state index contributed by atoms with van der Waals surface area (Å²) in [6.07, 6.45) is 3.08. The van der Waals surface area contributed by atoms with Crippen LogP contribution in [0.2, 0.25) is 0 Å². The second-order valence-electron chi connectivity index (χ2n) is 5.44. The molecule has 5 nitrogen and oxygen atoms in total. The summed E-state index contributed by atoms with van der Waals surface area (Å²) in [5, 5.41) is 6.78. The highest BCUT2D eigenvalue weighted by molar-refractivity contribution is 5.44. The summed E-state index contributed by atoms with van der Waals surface area (Å²) in [4.78, 5) is 8.94. The molecule has 1 aliphatic rings. The van der Waals surface area contributed by atoms with E-state index >= 15 is 0 Å². The Kier molecular flexibility index (Phi) is 4.58. The van der Waals surface area contributed by atoms with Crippen molar-refractivity contribution in [2.45, 2.75) is 45.6 Å². The average molecular weight is 264 g/mol. The van der Waals surface area contributed by atoms with E-state index in [2.05, 4.69) is 34.4 Å². The highest BCUT2D eigenvalue weighted by atomic mass is 16.5. The summed E-state index contributed by atoms with van der Waals surface area (Å²) < 4.78 is 5.42. The van der Waals surface area contributed by atoms with E-state index in [9.17, 15) is 0 Å². The van der Waals surface area contributed by atoms with Crippen LogP contribution in [-0.2, 0) is 4.74 Å². The molecule has 1 aromatic heterocycles. The molecule has 5 heteroatoms. The number of aromatic nitrogens is 2. The first-order valence-electron chi connectivity index (χ1n) is 7.07. The van der Waals surface area contributed by atoms with Gasteiger partial charge in [0.05, 0.1) is 0 Å².